The minimum Gasteiger partial charge on any atom is -0.329 e. The molecule has 1 fully saturated rings. The summed E-state index contributed by atoms with van der Waals surface area (Å²) in [7, 11) is 0. The first kappa shape index (κ1) is 21.8. The Morgan fingerprint density at radius 3 is 2.38 bits per heavy atom. The number of carbonyl (C=O) groups excluding carboxylic acids is 3. The van der Waals surface area contributed by atoms with Crippen molar-refractivity contribution in [3.05, 3.63) is 81.9 Å². The highest BCUT2D eigenvalue weighted by Crippen LogP contribution is 2.29. The maximum absolute atomic E-state index is 12.9. The number of aromatic nitrogens is 2. The predicted octanol–water partition coefficient (Wildman–Crippen LogP) is 4.07. The van der Waals surface area contributed by atoms with E-state index in [1.165, 1.54) is 21.8 Å². The van der Waals surface area contributed by atoms with E-state index in [0.29, 0.717) is 17.1 Å². The molecule has 4 aromatic rings. The van der Waals surface area contributed by atoms with Crippen molar-refractivity contribution in [2.24, 2.45) is 0 Å². The van der Waals surface area contributed by atoms with Crippen molar-refractivity contribution < 1.29 is 14.4 Å². The highest BCUT2D eigenvalue weighted by atomic mass is 32.1. The van der Waals surface area contributed by atoms with E-state index in [4.69, 9.17) is 0 Å². The van der Waals surface area contributed by atoms with Crippen molar-refractivity contribution in [1.29, 1.82) is 0 Å². The number of urea groups is 1. The van der Waals surface area contributed by atoms with Gasteiger partial charge in [-0.15, -0.1) is 11.3 Å². The highest BCUT2D eigenvalue weighted by molar-refractivity contribution is 7.20. The van der Waals surface area contributed by atoms with Gasteiger partial charge in [0.15, 0.2) is 0 Å². The molecule has 5 rings (SSSR count). The lowest BCUT2D eigenvalue weighted by molar-refractivity contribution is -0.125. The van der Waals surface area contributed by atoms with Gasteiger partial charge < -0.3 is 10.6 Å². The summed E-state index contributed by atoms with van der Waals surface area (Å²) in [5.74, 6) is -0.437. The molecule has 1 aliphatic heterocycles. The third kappa shape index (κ3) is 4.29. The molecule has 0 radical (unpaired) electrons. The van der Waals surface area contributed by atoms with Crippen LogP contribution in [-0.4, -0.2) is 39.1 Å². The number of anilines is 1. The molecule has 0 atom stereocenters. The van der Waals surface area contributed by atoms with Crippen LogP contribution in [0.4, 0.5) is 10.5 Å². The number of nitrogens with zero attached hydrogens (tertiary/aromatic N) is 3. The van der Waals surface area contributed by atoms with Crippen molar-refractivity contribution in [3.8, 4) is 0 Å². The van der Waals surface area contributed by atoms with Crippen LogP contribution >= 0.6 is 11.3 Å². The third-order valence-corrected chi connectivity index (χ3v) is 6.92. The Hall–Kier alpha value is -3.98. The zero-order chi connectivity index (χ0) is 23.8. The average molecular weight is 474 g/mol. The normalized spacial score (nSPS) is 13.5. The molecule has 1 aliphatic rings. The van der Waals surface area contributed by atoms with Crippen LogP contribution in [0.3, 0.4) is 0 Å². The Morgan fingerprint density at radius 2 is 1.71 bits per heavy atom. The van der Waals surface area contributed by atoms with E-state index in [1.54, 1.807) is 24.3 Å². The van der Waals surface area contributed by atoms with E-state index in [0.717, 1.165) is 27.0 Å². The van der Waals surface area contributed by atoms with Crippen molar-refractivity contribution in [1.82, 2.24) is 20.0 Å². The fraction of sp³-hybridized carbons (Fsp3) is 0.200. The lowest BCUT2D eigenvalue weighted by Gasteiger charge is -2.12. The number of imide groups is 1. The second-order valence-electron chi connectivity index (χ2n) is 8.35. The van der Waals surface area contributed by atoms with E-state index in [9.17, 15) is 14.4 Å². The minimum atomic E-state index is -0.386. The van der Waals surface area contributed by atoms with E-state index >= 15 is 0 Å². The quantitative estimate of drug-likeness (QED) is 0.413. The highest BCUT2D eigenvalue weighted by Gasteiger charge is 2.28. The van der Waals surface area contributed by atoms with E-state index in [-0.39, 0.29) is 30.9 Å². The van der Waals surface area contributed by atoms with Gasteiger partial charge in [0.25, 0.3) is 5.91 Å². The summed E-state index contributed by atoms with van der Waals surface area (Å²) in [6, 6.07) is 17.0. The van der Waals surface area contributed by atoms with Gasteiger partial charge in [-0.2, -0.15) is 5.10 Å². The minimum absolute atomic E-state index is 0.0321. The number of rotatable bonds is 6. The Balaban J connectivity index is 1.29. The molecule has 9 heteroatoms. The number of hydrogen-bond donors (Lipinski definition) is 2. The van der Waals surface area contributed by atoms with E-state index in [1.807, 2.05) is 17.7 Å². The summed E-state index contributed by atoms with van der Waals surface area (Å²) in [4.78, 5) is 39.1. The maximum Gasteiger partial charge on any atom is 0.324 e. The molecule has 0 aliphatic carbocycles. The molecule has 0 spiro atoms. The molecule has 0 saturated carbocycles. The van der Waals surface area contributed by atoms with Gasteiger partial charge in [0.2, 0.25) is 5.91 Å². The summed E-state index contributed by atoms with van der Waals surface area (Å²) in [5.41, 5.74) is 4.70. The number of hydrogen-bond acceptors (Lipinski definition) is 5. The Kier molecular flexibility index (Phi) is 5.62. The van der Waals surface area contributed by atoms with Crippen molar-refractivity contribution in [2.45, 2.75) is 26.9 Å². The van der Waals surface area contributed by atoms with Gasteiger partial charge >= 0.3 is 6.03 Å². The molecule has 8 nitrogen and oxygen atoms in total. The van der Waals surface area contributed by atoms with Crippen molar-refractivity contribution in [2.75, 3.05) is 11.9 Å². The van der Waals surface area contributed by atoms with Crippen LogP contribution in [0.1, 0.15) is 32.1 Å². The smallest absolute Gasteiger partial charge is 0.324 e. The number of aryl methyl sites for hydroxylation is 2. The maximum atomic E-state index is 12.9. The standard InChI is InChI=1S/C25H23N5O3S/c1-15-3-5-18(6-4-15)14-30-24-20(16(2)28-30)11-21(34-24)23(32)27-19-9-7-17(8-10-19)13-29-22(31)12-26-25(29)33/h3-11H,12-14H2,1-2H3,(H,26,33)(H,27,32). The number of benzene rings is 2. The molecule has 172 valence electrons. The Labute approximate surface area is 200 Å². The molecule has 1 saturated heterocycles. The zero-order valence-corrected chi connectivity index (χ0v) is 19.6. The molecule has 2 aromatic heterocycles. The number of amides is 4. The number of nitrogens with one attached hydrogen (secondary N) is 2. The number of carbonyl (C=O) groups is 3. The summed E-state index contributed by atoms with van der Waals surface area (Å²) >= 11 is 1.42. The van der Waals surface area contributed by atoms with Gasteiger partial charge in [-0.3, -0.25) is 19.2 Å². The largest absolute Gasteiger partial charge is 0.329 e. The summed E-state index contributed by atoms with van der Waals surface area (Å²) in [6.45, 7) is 4.89. The molecule has 34 heavy (non-hydrogen) atoms. The van der Waals surface area contributed by atoms with Crippen molar-refractivity contribution in [3.63, 3.8) is 0 Å². The number of thiophene rings is 1. The molecule has 0 unspecified atom stereocenters. The van der Waals surface area contributed by atoms with E-state index < -0.39 is 0 Å². The lowest BCUT2D eigenvalue weighted by atomic mass is 10.1. The predicted molar refractivity (Wildman–Crippen MR) is 131 cm³/mol. The fourth-order valence-corrected chi connectivity index (χ4v) is 4.94. The molecule has 3 heterocycles. The van der Waals surface area contributed by atoms with Gasteiger partial charge in [0.05, 0.1) is 30.2 Å². The molecule has 2 N–H and O–H groups in total. The van der Waals surface area contributed by atoms with Gasteiger partial charge in [0, 0.05) is 11.1 Å². The van der Waals surface area contributed by atoms with Crippen LogP contribution in [0.2, 0.25) is 0 Å². The van der Waals surface area contributed by atoms with Crippen LogP contribution in [0, 0.1) is 13.8 Å². The van der Waals surface area contributed by atoms with Gasteiger partial charge in [-0.25, -0.2) is 4.79 Å². The fourth-order valence-electron chi connectivity index (χ4n) is 3.88. The summed E-state index contributed by atoms with van der Waals surface area (Å²) in [5, 5.41) is 11.1. The monoisotopic (exact) mass is 473 g/mol. The SMILES string of the molecule is Cc1ccc(Cn2nc(C)c3cc(C(=O)Nc4ccc(CN5C(=O)CNC5=O)cc4)sc32)cc1. The lowest BCUT2D eigenvalue weighted by Crippen LogP contribution is -2.30. The Bertz CT molecular complexity index is 1390. The second kappa shape index (κ2) is 8.75. The third-order valence-electron chi connectivity index (χ3n) is 5.77. The van der Waals surface area contributed by atoms with Gasteiger partial charge in [0.1, 0.15) is 4.83 Å². The second-order valence-corrected chi connectivity index (χ2v) is 9.38. The first-order chi connectivity index (χ1) is 16.4. The molecule has 4 amide bonds. The van der Waals surface area contributed by atoms with Crippen molar-refractivity contribution >= 4 is 45.1 Å². The van der Waals surface area contributed by atoms with E-state index in [2.05, 4.69) is 46.9 Å². The number of fused-ring (bicyclic) bond motifs is 1. The molecule has 2 aromatic carbocycles. The summed E-state index contributed by atoms with van der Waals surface area (Å²) in [6.07, 6.45) is 0. The van der Waals surface area contributed by atoms with Crippen LogP contribution in [0.15, 0.2) is 54.6 Å². The van der Waals surface area contributed by atoms with Crippen LogP contribution in [-0.2, 0) is 17.9 Å². The van der Waals surface area contributed by atoms with Crippen LogP contribution in [0.5, 0.6) is 0 Å². The first-order valence-corrected chi connectivity index (χ1v) is 11.7. The van der Waals surface area contributed by atoms with Gasteiger partial charge in [-0.05, 0) is 43.2 Å². The van der Waals surface area contributed by atoms with Crippen LogP contribution in [0.25, 0.3) is 10.2 Å². The zero-order valence-electron chi connectivity index (χ0n) is 18.8. The van der Waals surface area contributed by atoms with Crippen LogP contribution < -0.4 is 10.6 Å². The summed E-state index contributed by atoms with van der Waals surface area (Å²) < 4.78 is 1.95. The first-order valence-electron chi connectivity index (χ1n) is 10.9. The average Bonchev–Trinajstić information content (AvgIpc) is 3.48. The molecular formula is C25H23N5O3S. The Morgan fingerprint density at radius 1 is 1.03 bits per heavy atom. The molecule has 0 bridgehead atoms. The van der Waals surface area contributed by atoms with Gasteiger partial charge in [-0.1, -0.05) is 42.0 Å². The molecular weight excluding hydrogens is 450 g/mol. The topological polar surface area (TPSA) is 96.3 Å².